The average molecular weight is 339 g/mol. The van der Waals surface area contributed by atoms with E-state index in [4.69, 9.17) is 0 Å². The molecular weight excluding hydrogens is 327 g/mol. The van der Waals surface area contributed by atoms with Crippen molar-refractivity contribution in [1.29, 1.82) is 0 Å². The van der Waals surface area contributed by atoms with Crippen molar-refractivity contribution in [3.8, 4) is 5.69 Å². The Morgan fingerprint density at radius 2 is 1.86 bits per heavy atom. The first-order valence-corrected chi connectivity index (χ1v) is 8.34. The number of para-hydroxylation sites is 1. The van der Waals surface area contributed by atoms with E-state index >= 15 is 0 Å². The van der Waals surface area contributed by atoms with Crippen LogP contribution < -0.4 is 5.56 Å². The Hall–Kier alpha value is -2.16. The summed E-state index contributed by atoms with van der Waals surface area (Å²) >= 11 is -0.0236. The number of rotatable bonds is 1. The molecular formula is C17H12N2OSe. The third-order valence-electron chi connectivity index (χ3n) is 3.65. The Balaban J connectivity index is 2.13. The Bertz CT molecular complexity index is 1020. The second-order valence-electron chi connectivity index (χ2n) is 4.99. The first-order valence-electron chi connectivity index (χ1n) is 6.71. The number of hydrogen-bond donors (Lipinski definition) is 0. The van der Waals surface area contributed by atoms with E-state index in [1.807, 2.05) is 53.0 Å². The van der Waals surface area contributed by atoms with Crippen LogP contribution in [0.1, 0.15) is 5.56 Å². The fourth-order valence-corrected chi connectivity index (χ4v) is 4.94. The summed E-state index contributed by atoms with van der Waals surface area (Å²) in [7, 11) is 0. The van der Waals surface area contributed by atoms with E-state index in [1.165, 1.54) is 0 Å². The summed E-state index contributed by atoms with van der Waals surface area (Å²) in [4.78, 5) is 17.2. The summed E-state index contributed by atoms with van der Waals surface area (Å²) in [6, 6.07) is 16.0. The zero-order valence-corrected chi connectivity index (χ0v) is 13.1. The molecule has 0 aliphatic heterocycles. The topological polar surface area (TPSA) is 34.9 Å². The Morgan fingerprint density at radius 3 is 2.71 bits per heavy atom. The first-order chi connectivity index (χ1) is 10.3. The molecule has 4 heteroatoms. The second-order valence-corrected chi connectivity index (χ2v) is 7.06. The zero-order chi connectivity index (χ0) is 14.4. The molecule has 0 saturated carbocycles. The van der Waals surface area contributed by atoms with Crippen LogP contribution in [0.4, 0.5) is 0 Å². The van der Waals surface area contributed by atoms with E-state index in [1.54, 1.807) is 6.20 Å². The summed E-state index contributed by atoms with van der Waals surface area (Å²) in [6.45, 7) is 2.00. The molecule has 0 fully saturated rings. The normalized spacial score (nSPS) is 11.3. The molecule has 0 atom stereocenters. The van der Waals surface area contributed by atoms with Gasteiger partial charge in [-0.1, -0.05) is 0 Å². The number of aromatic nitrogens is 2. The summed E-state index contributed by atoms with van der Waals surface area (Å²) in [5, 5.41) is 1.93. The number of nitrogens with zero attached hydrogens (tertiary/aromatic N) is 2. The molecule has 0 spiro atoms. The third-order valence-corrected chi connectivity index (χ3v) is 5.92. The van der Waals surface area contributed by atoms with Crippen LogP contribution in [0, 0.1) is 6.92 Å². The van der Waals surface area contributed by atoms with Gasteiger partial charge in [-0.25, -0.2) is 0 Å². The van der Waals surface area contributed by atoms with Crippen molar-refractivity contribution in [3.05, 3.63) is 70.6 Å². The van der Waals surface area contributed by atoms with Crippen molar-refractivity contribution >= 4 is 35.3 Å². The zero-order valence-electron chi connectivity index (χ0n) is 11.4. The Kier molecular flexibility index (Phi) is 2.81. The van der Waals surface area contributed by atoms with E-state index in [0.29, 0.717) is 0 Å². The first kappa shape index (κ1) is 12.6. The molecule has 2 aromatic carbocycles. The van der Waals surface area contributed by atoms with Crippen molar-refractivity contribution in [2.24, 2.45) is 0 Å². The predicted octanol–water partition coefficient (Wildman–Crippen LogP) is 2.90. The summed E-state index contributed by atoms with van der Waals surface area (Å²) in [5.74, 6) is 0. The monoisotopic (exact) mass is 340 g/mol. The van der Waals surface area contributed by atoms with Crippen LogP contribution in [0.2, 0.25) is 0 Å². The summed E-state index contributed by atoms with van der Waals surface area (Å²) in [6.07, 6.45) is 1.78. The Labute approximate surface area is 127 Å². The molecule has 0 aliphatic rings. The van der Waals surface area contributed by atoms with Gasteiger partial charge in [-0.2, -0.15) is 0 Å². The number of hydrogen-bond acceptors (Lipinski definition) is 2. The minimum atomic E-state index is -0.0236. The molecule has 0 N–H and O–H groups in total. The van der Waals surface area contributed by atoms with Crippen LogP contribution in [0.5, 0.6) is 0 Å². The second kappa shape index (κ2) is 4.69. The molecule has 0 aliphatic carbocycles. The summed E-state index contributed by atoms with van der Waals surface area (Å²) < 4.78 is 3.04. The van der Waals surface area contributed by atoms with Crippen LogP contribution in [0.25, 0.3) is 26.2 Å². The number of pyridine rings is 1. The van der Waals surface area contributed by atoms with Gasteiger partial charge in [0.15, 0.2) is 0 Å². The molecule has 0 saturated heterocycles. The fraction of sp³-hybridized carbons (Fsp3) is 0.0588. The molecule has 21 heavy (non-hydrogen) atoms. The quantitative estimate of drug-likeness (QED) is 0.500. The van der Waals surface area contributed by atoms with Gasteiger partial charge in [0.2, 0.25) is 0 Å². The van der Waals surface area contributed by atoms with Gasteiger partial charge in [0, 0.05) is 0 Å². The van der Waals surface area contributed by atoms with Gasteiger partial charge >= 0.3 is 127 Å². The minimum absolute atomic E-state index is 0.0236. The van der Waals surface area contributed by atoms with Crippen molar-refractivity contribution in [2.75, 3.05) is 0 Å². The molecule has 0 bridgehead atoms. The Morgan fingerprint density at radius 1 is 1.05 bits per heavy atom. The molecule has 0 unspecified atom stereocenters. The van der Waals surface area contributed by atoms with Crippen molar-refractivity contribution in [2.45, 2.75) is 6.92 Å². The van der Waals surface area contributed by atoms with Crippen molar-refractivity contribution < 1.29 is 0 Å². The van der Waals surface area contributed by atoms with Gasteiger partial charge < -0.3 is 0 Å². The van der Waals surface area contributed by atoms with Crippen LogP contribution in [-0.2, 0) is 0 Å². The van der Waals surface area contributed by atoms with Crippen molar-refractivity contribution in [1.82, 2.24) is 8.55 Å². The molecule has 4 aromatic rings. The molecule has 3 nitrogen and oxygen atoms in total. The van der Waals surface area contributed by atoms with E-state index < -0.39 is 0 Å². The van der Waals surface area contributed by atoms with Gasteiger partial charge in [-0.05, 0) is 0 Å². The van der Waals surface area contributed by atoms with Crippen LogP contribution in [0.3, 0.4) is 0 Å². The van der Waals surface area contributed by atoms with Gasteiger partial charge in [0.1, 0.15) is 0 Å². The molecule has 0 radical (unpaired) electrons. The summed E-state index contributed by atoms with van der Waals surface area (Å²) in [5.41, 5.74) is 2.95. The van der Waals surface area contributed by atoms with E-state index in [9.17, 15) is 4.79 Å². The van der Waals surface area contributed by atoms with Crippen molar-refractivity contribution in [3.63, 3.8) is 0 Å². The molecule has 2 aromatic heterocycles. The van der Waals surface area contributed by atoms with E-state index in [-0.39, 0.29) is 20.3 Å². The third kappa shape index (κ3) is 1.88. The van der Waals surface area contributed by atoms with Gasteiger partial charge in [0.05, 0.1) is 0 Å². The predicted molar refractivity (Wildman–Crippen MR) is 86.5 cm³/mol. The van der Waals surface area contributed by atoms with Gasteiger partial charge in [-0.15, -0.1) is 0 Å². The molecule has 0 amide bonds. The fourth-order valence-electron chi connectivity index (χ4n) is 2.64. The number of benzene rings is 2. The number of fused-ring (bicyclic) bond motifs is 2. The molecule has 102 valence electrons. The standard InChI is InChI=1S/C17H12N2OSe/c1-11-5-2-9-14-15(11)17(20)19(21-14)13-8-3-6-12-7-4-10-18-16(12)13/h2-10H,1H3. The van der Waals surface area contributed by atoms with Gasteiger partial charge in [-0.3, -0.25) is 0 Å². The van der Waals surface area contributed by atoms with Gasteiger partial charge in [0.25, 0.3) is 0 Å². The molecule has 4 rings (SSSR count). The maximum atomic E-state index is 12.8. The van der Waals surface area contributed by atoms with E-state index in [2.05, 4.69) is 11.1 Å². The van der Waals surface area contributed by atoms with Crippen LogP contribution in [0.15, 0.2) is 59.5 Å². The average Bonchev–Trinajstić information content (AvgIpc) is 2.85. The number of aryl methyl sites for hydroxylation is 1. The van der Waals surface area contributed by atoms with Crippen LogP contribution in [-0.4, -0.2) is 23.3 Å². The van der Waals surface area contributed by atoms with E-state index in [0.717, 1.165) is 31.8 Å². The maximum absolute atomic E-state index is 12.8. The SMILES string of the molecule is Cc1cccc2[se]n(-c3cccc4cccnc34)c(=O)c12. The van der Waals surface area contributed by atoms with Crippen LogP contribution >= 0.6 is 0 Å². The molecule has 2 heterocycles.